The van der Waals surface area contributed by atoms with E-state index in [-0.39, 0.29) is 4.90 Å². The molecule has 1 heterocycles. The topological polar surface area (TPSA) is 92.8 Å². The summed E-state index contributed by atoms with van der Waals surface area (Å²) in [4.78, 5) is 26.5. The van der Waals surface area contributed by atoms with E-state index >= 15 is 0 Å². The molecule has 0 spiro atoms. The molecule has 0 bridgehead atoms. The van der Waals surface area contributed by atoms with Crippen LogP contribution in [0.15, 0.2) is 29.2 Å². The Morgan fingerprint density at radius 3 is 2.38 bits per heavy atom. The average molecular weight is 439 g/mol. The van der Waals surface area contributed by atoms with Crippen LogP contribution in [0.1, 0.15) is 39.5 Å². The number of ether oxygens (including phenoxy) is 1. The molecule has 1 N–H and O–H groups in total. The molecular formula is C20H26N2O5S2. The quantitative estimate of drug-likeness (QED) is 0.669. The van der Waals surface area contributed by atoms with Gasteiger partial charge in [0, 0.05) is 24.7 Å². The minimum Gasteiger partial charge on any atom is -0.448 e. The highest BCUT2D eigenvalue weighted by molar-refractivity contribution is 7.89. The number of carbonyl (C=O) groups is 2. The minimum atomic E-state index is -3.63. The molecule has 1 atom stereocenters. The summed E-state index contributed by atoms with van der Waals surface area (Å²) in [7, 11) is -0.762. The zero-order valence-electron chi connectivity index (χ0n) is 17.4. The predicted octanol–water partition coefficient (Wildman–Crippen LogP) is 3.36. The van der Waals surface area contributed by atoms with Crippen LogP contribution in [-0.2, 0) is 26.0 Å². The first kappa shape index (κ1) is 23.1. The highest BCUT2D eigenvalue weighted by Gasteiger charge is 2.23. The van der Waals surface area contributed by atoms with E-state index in [0.717, 1.165) is 21.2 Å². The molecule has 1 aromatic heterocycles. The summed E-state index contributed by atoms with van der Waals surface area (Å²) < 4.78 is 31.0. The fourth-order valence-electron chi connectivity index (χ4n) is 2.58. The standard InChI is InChI=1S/C20H26N2O5S2/c1-7-17-13(3)10-18(28-17)20(24)27-14(4)19(23)21-16-11-15(9-8-12(16)2)29(25,26)22(5)6/h8-11,14H,7H2,1-6H3,(H,21,23). The van der Waals surface area contributed by atoms with Gasteiger partial charge < -0.3 is 10.1 Å². The van der Waals surface area contributed by atoms with Crippen molar-refractivity contribution < 1.29 is 22.7 Å². The Morgan fingerprint density at radius 2 is 1.83 bits per heavy atom. The molecule has 2 rings (SSSR count). The third kappa shape index (κ3) is 5.23. The van der Waals surface area contributed by atoms with Crippen LogP contribution in [0.3, 0.4) is 0 Å². The van der Waals surface area contributed by atoms with Gasteiger partial charge in [0.2, 0.25) is 10.0 Å². The fraction of sp³-hybridized carbons (Fsp3) is 0.400. The van der Waals surface area contributed by atoms with Crippen molar-refractivity contribution in [1.82, 2.24) is 4.31 Å². The summed E-state index contributed by atoms with van der Waals surface area (Å²) in [6, 6.07) is 6.25. The van der Waals surface area contributed by atoms with Gasteiger partial charge in [0.1, 0.15) is 4.88 Å². The minimum absolute atomic E-state index is 0.0641. The van der Waals surface area contributed by atoms with Crippen LogP contribution < -0.4 is 5.32 Å². The van der Waals surface area contributed by atoms with Crippen LogP contribution in [0, 0.1) is 13.8 Å². The number of amides is 1. The van der Waals surface area contributed by atoms with Gasteiger partial charge >= 0.3 is 5.97 Å². The van der Waals surface area contributed by atoms with Gasteiger partial charge in [-0.15, -0.1) is 11.3 Å². The van der Waals surface area contributed by atoms with Gasteiger partial charge in [0.15, 0.2) is 6.10 Å². The van der Waals surface area contributed by atoms with Gasteiger partial charge in [-0.1, -0.05) is 13.0 Å². The monoisotopic (exact) mass is 438 g/mol. The second kappa shape index (κ2) is 9.06. The van der Waals surface area contributed by atoms with E-state index in [1.54, 1.807) is 19.1 Å². The normalized spacial score (nSPS) is 12.7. The molecule has 0 fully saturated rings. The van der Waals surface area contributed by atoms with Crippen molar-refractivity contribution >= 4 is 38.9 Å². The number of nitrogens with zero attached hydrogens (tertiary/aromatic N) is 1. The zero-order valence-corrected chi connectivity index (χ0v) is 19.0. The summed E-state index contributed by atoms with van der Waals surface area (Å²) in [5, 5.41) is 2.65. The smallest absolute Gasteiger partial charge is 0.349 e. The molecule has 0 aliphatic carbocycles. The summed E-state index contributed by atoms with van der Waals surface area (Å²) in [5.74, 6) is -1.09. The molecule has 0 saturated heterocycles. The number of anilines is 1. The van der Waals surface area contributed by atoms with E-state index in [1.165, 1.54) is 44.5 Å². The molecule has 0 saturated carbocycles. The third-order valence-corrected chi connectivity index (χ3v) is 7.61. The number of esters is 1. The lowest BCUT2D eigenvalue weighted by Gasteiger charge is -2.16. The largest absolute Gasteiger partial charge is 0.448 e. The maximum atomic E-state index is 12.5. The molecule has 0 aliphatic rings. The van der Waals surface area contributed by atoms with Crippen molar-refractivity contribution in [2.75, 3.05) is 19.4 Å². The number of thiophene rings is 1. The second-order valence-corrected chi connectivity index (χ2v) is 10.2. The summed E-state index contributed by atoms with van der Waals surface area (Å²) >= 11 is 1.36. The van der Waals surface area contributed by atoms with Crippen LogP contribution in [0.5, 0.6) is 0 Å². The second-order valence-electron chi connectivity index (χ2n) is 6.87. The summed E-state index contributed by atoms with van der Waals surface area (Å²) in [6.07, 6.45) is -0.214. The first-order chi connectivity index (χ1) is 13.5. The molecule has 9 heteroatoms. The van der Waals surface area contributed by atoms with E-state index in [2.05, 4.69) is 5.32 Å². The SMILES string of the molecule is CCc1sc(C(=O)OC(C)C(=O)Nc2cc(S(=O)(=O)N(C)C)ccc2C)cc1C. The number of carbonyl (C=O) groups excluding carboxylic acids is 2. The van der Waals surface area contributed by atoms with Gasteiger partial charge in [0.05, 0.1) is 4.90 Å². The molecular weight excluding hydrogens is 412 g/mol. The lowest BCUT2D eigenvalue weighted by molar-refractivity contribution is -0.123. The molecule has 0 radical (unpaired) electrons. The number of hydrogen-bond donors (Lipinski definition) is 1. The van der Waals surface area contributed by atoms with Crippen LogP contribution in [0.2, 0.25) is 0 Å². The zero-order chi connectivity index (χ0) is 21.9. The molecule has 1 aromatic carbocycles. The molecule has 158 valence electrons. The maximum Gasteiger partial charge on any atom is 0.349 e. The first-order valence-electron chi connectivity index (χ1n) is 9.11. The van der Waals surface area contributed by atoms with Crippen molar-refractivity contribution in [1.29, 1.82) is 0 Å². The van der Waals surface area contributed by atoms with Crippen LogP contribution >= 0.6 is 11.3 Å². The summed E-state index contributed by atoms with van der Waals surface area (Å²) in [6.45, 7) is 7.17. The Kier molecular flexibility index (Phi) is 7.20. The van der Waals surface area contributed by atoms with Gasteiger partial charge in [0.25, 0.3) is 5.91 Å². The Balaban J connectivity index is 2.14. The highest BCUT2D eigenvalue weighted by atomic mass is 32.2. The number of benzene rings is 1. The molecule has 29 heavy (non-hydrogen) atoms. The number of aryl methyl sites for hydroxylation is 3. The van der Waals surface area contributed by atoms with E-state index in [4.69, 9.17) is 4.74 Å². The Hall–Kier alpha value is -2.23. The average Bonchev–Trinajstić information content (AvgIpc) is 3.04. The predicted molar refractivity (Wildman–Crippen MR) is 114 cm³/mol. The number of hydrogen-bond acceptors (Lipinski definition) is 6. The number of sulfonamides is 1. The molecule has 1 unspecified atom stereocenters. The van der Waals surface area contributed by atoms with Crippen molar-refractivity contribution in [3.8, 4) is 0 Å². The van der Waals surface area contributed by atoms with Gasteiger partial charge in [-0.25, -0.2) is 17.5 Å². The lowest BCUT2D eigenvalue weighted by atomic mass is 10.2. The van der Waals surface area contributed by atoms with Crippen molar-refractivity contribution in [3.05, 3.63) is 45.1 Å². The lowest BCUT2D eigenvalue weighted by Crippen LogP contribution is -2.30. The van der Waals surface area contributed by atoms with Crippen LogP contribution in [0.25, 0.3) is 0 Å². The Morgan fingerprint density at radius 1 is 1.17 bits per heavy atom. The van der Waals surface area contributed by atoms with Crippen molar-refractivity contribution in [2.45, 2.75) is 45.1 Å². The van der Waals surface area contributed by atoms with E-state index in [9.17, 15) is 18.0 Å². The van der Waals surface area contributed by atoms with E-state index < -0.39 is 28.0 Å². The highest BCUT2D eigenvalue weighted by Crippen LogP contribution is 2.24. The third-order valence-electron chi connectivity index (χ3n) is 4.44. The molecule has 1 amide bonds. The van der Waals surface area contributed by atoms with E-state index in [0.29, 0.717) is 16.1 Å². The fourth-order valence-corrected chi connectivity index (χ4v) is 4.51. The number of nitrogens with one attached hydrogen (secondary N) is 1. The van der Waals surface area contributed by atoms with Crippen LogP contribution in [-0.4, -0.2) is 44.8 Å². The molecule has 0 aliphatic heterocycles. The molecule has 7 nitrogen and oxygen atoms in total. The van der Waals surface area contributed by atoms with Gasteiger partial charge in [-0.3, -0.25) is 4.79 Å². The number of rotatable bonds is 7. The van der Waals surface area contributed by atoms with Gasteiger partial charge in [-0.05, 0) is 56.5 Å². The summed E-state index contributed by atoms with van der Waals surface area (Å²) in [5.41, 5.74) is 2.06. The van der Waals surface area contributed by atoms with Crippen molar-refractivity contribution in [3.63, 3.8) is 0 Å². The van der Waals surface area contributed by atoms with Gasteiger partial charge in [-0.2, -0.15) is 0 Å². The van der Waals surface area contributed by atoms with Crippen molar-refractivity contribution in [2.24, 2.45) is 0 Å². The Labute approximate surface area is 175 Å². The Bertz CT molecular complexity index is 1030. The van der Waals surface area contributed by atoms with E-state index in [1.807, 2.05) is 13.8 Å². The van der Waals surface area contributed by atoms with Crippen LogP contribution in [0.4, 0.5) is 5.69 Å². The molecule has 2 aromatic rings. The first-order valence-corrected chi connectivity index (χ1v) is 11.4. The maximum absolute atomic E-state index is 12.5.